The van der Waals surface area contributed by atoms with E-state index >= 15 is 0 Å². The maximum absolute atomic E-state index is 6.03. The molecule has 0 aromatic heterocycles. The van der Waals surface area contributed by atoms with E-state index in [0.717, 1.165) is 5.02 Å². The summed E-state index contributed by atoms with van der Waals surface area (Å²) in [4.78, 5) is 0. The summed E-state index contributed by atoms with van der Waals surface area (Å²) in [6.07, 6.45) is 0. The molecule has 0 spiro atoms. The zero-order valence-corrected chi connectivity index (χ0v) is 12.7. The molecule has 1 heteroatoms. The minimum atomic E-state index is 0.240. The smallest absolute Gasteiger partial charge is 0.0406 e. The van der Waals surface area contributed by atoms with E-state index < -0.39 is 0 Å². The molecule has 0 nitrogen and oxygen atoms in total. The van der Waals surface area contributed by atoms with E-state index in [1.807, 2.05) is 12.1 Å². The molecule has 0 saturated carbocycles. The maximum atomic E-state index is 6.03. The molecule has 0 aliphatic heterocycles. The normalized spacial score (nSPS) is 12.1. The number of halogens is 1. The van der Waals surface area contributed by atoms with Crippen molar-refractivity contribution in [2.75, 3.05) is 0 Å². The summed E-state index contributed by atoms with van der Waals surface area (Å²) in [6, 6.07) is 27.5. The van der Waals surface area contributed by atoms with Gasteiger partial charge in [-0.1, -0.05) is 83.9 Å². The molecule has 1 unspecified atom stereocenters. The largest absolute Gasteiger partial charge is 0.0843 e. The fourth-order valence-corrected chi connectivity index (χ4v) is 2.76. The first kappa shape index (κ1) is 13.9. The summed E-state index contributed by atoms with van der Waals surface area (Å²) in [6.45, 7) is 2.11. The lowest BCUT2D eigenvalue weighted by molar-refractivity contribution is 0.976. The molecule has 0 fully saturated rings. The van der Waals surface area contributed by atoms with Gasteiger partial charge in [0.2, 0.25) is 0 Å². The Morgan fingerprint density at radius 1 is 0.619 bits per heavy atom. The van der Waals surface area contributed by atoms with Gasteiger partial charge in [0.15, 0.2) is 0 Å². The Balaban J connectivity index is 2.11. The van der Waals surface area contributed by atoms with E-state index in [4.69, 9.17) is 11.6 Å². The first-order valence-corrected chi connectivity index (χ1v) is 7.49. The van der Waals surface area contributed by atoms with Crippen LogP contribution in [0.4, 0.5) is 0 Å². The van der Waals surface area contributed by atoms with Gasteiger partial charge in [-0.25, -0.2) is 0 Å². The summed E-state index contributed by atoms with van der Waals surface area (Å²) in [5.41, 5.74) is 5.13. The van der Waals surface area contributed by atoms with Crippen LogP contribution in [-0.2, 0) is 0 Å². The van der Waals surface area contributed by atoms with Gasteiger partial charge in [0.25, 0.3) is 0 Å². The number of rotatable bonds is 3. The third-order valence-electron chi connectivity index (χ3n) is 3.75. The monoisotopic (exact) mass is 292 g/mol. The van der Waals surface area contributed by atoms with Gasteiger partial charge in [0.1, 0.15) is 0 Å². The zero-order valence-electron chi connectivity index (χ0n) is 12.0. The summed E-state index contributed by atoms with van der Waals surface area (Å²) >= 11 is 6.03. The van der Waals surface area contributed by atoms with Crippen molar-refractivity contribution < 1.29 is 0 Å². The van der Waals surface area contributed by atoms with Gasteiger partial charge in [-0.05, 0) is 35.7 Å². The fourth-order valence-electron chi connectivity index (χ4n) is 2.64. The average molecular weight is 293 g/mol. The van der Waals surface area contributed by atoms with E-state index in [2.05, 4.69) is 73.7 Å². The van der Waals surface area contributed by atoms with Gasteiger partial charge in [0, 0.05) is 10.9 Å². The van der Waals surface area contributed by atoms with Gasteiger partial charge in [0.05, 0.1) is 0 Å². The van der Waals surface area contributed by atoms with Crippen LogP contribution in [0.1, 0.15) is 28.2 Å². The molecule has 1 atom stereocenters. The van der Waals surface area contributed by atoms with E-state index in [-0.39, 0.29) is 5.92 Å². The molecule has 104 valence electrons. The molecular formula is C20H17Cl. The molecule has 0 radical (unpaired) electrons. The molecule has 3 aromatic rings. The Morgan fingerprint density at radius 3 is 1.67 bits per heavy atom. The Hall–Kier alpha value is -2.05. The van der Waals surface area contributed by atoms with E-state index in [9.17, 15) is 0 Å². The van der Waals surface area contributed by atoms with E-state index in [0.29, 0.717) is 0 Å². The van der Waals surface area contributed by atoms with Crippen LogP contribution in [0.3, 0.4) is 0 Å². The summed E-state index contributed by atoms with van der Waals surface area (Å²) in [7, 11) is 0. The highest BCUT2D eigenvalue weighted by atomic mass is 35.5. The lowest BCUT2D eigenvalue weighted by atomic mass is 9.85. The molecule has 3 rings (SSSR count). The topological polar surface area (TPSA) is 0 Å². The molecule has 0 saturated heterocycles. The van der Waals surface area contributed by atoms with Gasteiger partial charge in [-0.15, -0.1) is 0 Å². The van der Waals surface area contributed by atoms with Crippen molar-refractivity contribution >= 4 is 11.6 Å². The molecular weight excluding hydrogens is 276 g/mol. The van der Waals surface area contributed by atoms with Crippen LogP contribution >= 0.6 is 11.6 Å². The minimum Gasteiger partial charge on any atom is -0.0843 e. The standard InChI is InChI=1S/C20H17Cl/c1-15-7-9-17(10-8-15)20(16-5-3-2-4-6-16)18-11-13-19(21)14-12-18/h2-14,20H,1H3. The van der Waals surface area contributed by atoms with Gasteiger partial charge < -0.3 is 0 Å². The van der Waals surface area contributed by atoms with Crippen molar-refractivity contribution in [2.45, 2.75) is 12.8 Å². The van der Waals surface area contributed by atoms with E-state index in [1.54, 1.807) is 0 Å². The lowest BCUT2D eigenvalue weighted by Crippen LogP contribution is -2.03. The molecule has 0 amide bonds. The summed E-state index contributed by atoms with van der Waals surface area (Å²) in [5.74, 6) is 0.240. The van der Waals surface area contributed by atoms with Gasteiger partial charge >= 0.3 is 0 Å². The van der Waals surface area contributed by atoms with Crippen LogP contribution in [0, 0.1) is 6.92 Å². The minimum absolute atomic E-state index is 0.240. The van der Waals surface area contributed by atoms with E-state index in [1.165, 1.54) is 22.3 Å². The van der Waals surface area contributed by atoms with Crippen molar-refractivity contribution in [3.05, 3.63) is 106 Å². The Bertz CT molecular complexity index is 652. The second kappa shape index (κ2) is 6.15. The highest BCUT2D eigenvalue weighted by Gasteiger charge is 2.16. The van der Waals surface area contributed by atoms with Crippen LogP contribution in [0.5, 0.6) is 0 Å². The first-order valence-electron chi connectivity index (χ1n) is 7.11. The molecule has 0 aliphatic carbocycles. The third kappa shape index (κ3) is 3.17. The zero-order chi connectivity index (χ0) is 14.7. The fraction of sp³-hybridized carbons (Fsp3) is 0.100. The van der Waals surface area contributed by atoms with Crippen molar-refractivity contribution in [2.24, 2.45) is 0 Å². The second-order valence-corrected chi connectivity index (χ2v) is 5.74. The van der Waals surface area contributed by atoms with Crippen LogP contribution in [0.25, 0.3) is 0 Å². The average Bonchev–Trinajstić information content (AvgIpc) is 2.52. The summed E-state index contributed by atoms with van der Waals surface area (Å²) in [5, 5.41) is 0.773. The van der Waals surface area contributed by atoms with Crippen molar-refractivity contribution in [1.29, 1.82) is 0 Å². The molecule has 3 aromatic carbocycles. The molecule has 0 N–H and O–H groups in total. The lowest BCUT2D eigenvalue weighted by Gasteiger charge is -2.19. The quantitative estimate of drug-likeness (QED) is 0.533. The van der Waals surface area contributed by atoms with Crippen LogP contribution < -0.4 is 0 Å². The predicted molar refractivity (Wildman–Crippen MR) is 90.0 cm³/mol. The van der Waals surface area contributed by atoms with Gasteiger partial charge in [-0.3, -0.25) is 0 Å². The van der Waals surface area contributed by atoms with Gasteiger partial charge in [-0.2, -0.15) is 0 Å². The first-order chi connectivity index (χ1) is 10.2. The van der Waals surface area contributed by atoms with Crippen LogP contribution in [0.2, 0.25) is 5.02 Å². The SMILES string of the molecule is Cc1ccc(C(c2ccccc2)c2ccc(Cl)cc2)cc1. The Kier molecular flexibility index (Phi) is 4.08. The third-order valence-corrected chi connectivity index (χ3v) is 4.00. The molecule has 0 bridgehead atoms. The Labute approximate surface area is 131 Å². The van der Waals surface area contributed by atoms with Crippen LogP contribution in [0.15, 0.2) is 78.9 Å². The van der Waals surface area contributed by atoms with Crippen molar-refractivity contribution in [3.8, 4) is 0 Å². The predicted octanol–water partition coefficient (Wildman–Crippen LogP) is 5.83. The molecule has 0 aliphatic rings. The highest BCUT2D eigenvalue weighted by molar-refractivity contribution is 6.30. The Morgan fingerprint density at radius 2 is 1.10 bits per heavy atom. The number of hydrogen-bond donors (Lipinski definition) is 0. The van der Waals surface area contributed by atoms with Crippen molar-refractivity contribution in [3.63, 3.8) is 0 Å². The number of benzene rings is 3. The number of hydrogen-bond acceptors (Lipinski definition) is 0. The molecule has 21 heavy (non-hydrogen) atoms. The van der Waals surface area contributed by atoms with Crippen LogP contribution in [-0.4, -0.2) is 0 Å². The number of aryl methyl sites for hydroxylation is 1. The molecule has 0 heterocycles. The summed E-state index contributed by atoms with van der Waals surface area (Å²) < 4.78 is 0. The highest BCUT2D eigenvalue weighted by Crippen LogP contribution is 2.32. The van der Waals surface area contributed by atoms with Crippen molar-refractivity contribution in [1.82, 2.24) is 0 Å². The maximum Gasteiger partial charge on any atom is 0.0406 e. The second-order valence-electron chi connectivity index (χ2n) is 5.31.